The maximum absolute atomic E-state index is 9.88. The predicted octanol–water partition coefficient (Wildman–Crippen LogP) is 1.28. The van der Waals surface area contributed by atoms with E-state index in [9.17, 15) is 5.11 Å². The van der Waals surface area contributed by atoms with Crippen molar-refractivity contribution in [1.82, 2.24) is 0 Å². The van der Waals surface area contributed by atoms with Crippen molar-refractivity contribution in [2.24, 2.45) is 0 Å². The number of hydrogen-bond donors (Lipinski definition) is 2. The third-order valence-electron chi connectivity index (χ3n) is 3.06. The van der Waals surface area contributed by atoms with Gasteiger partial charge in [0.05, 0.1) is 25.4 Å². The predicted molar refractivity (Wildman–Crippen MR) is 79.2 cm³/mol. The summed E-state index contributed by atoms with van der Waals surface area (Å²) in [6.45, 7) is 4.23. The number of ether oxygens (including phenoxy) is 4. The number of nitrogens with one attached hydrogen (secondary N) is 1. The first-order valence-corrected chi connectivity index (χ1v) is 7.11. The molecule has 0 amide bonds. The molecule has 1 aliphatic rings. The van der Waals surface area contributed by atoms with Gasteiger partial charge in [0.2, 0.25) is 0 Å². The van der Waals surface area contributed by atoms with Crippen LogP contribution in [0.25, 0.3) is 0 Å². The van der Waals surface area contributed by atoms with Crippen LogP contribution in [-0.4, -0.2) is 57.4 Å². The Morgan fingerprint density at radius 2 is 2.00 bits per heavy atom. The van der Waals surface area contributed by atoms with E-state index < -0.39 is 6.10 Å². The van der Waals surface area contributed by atoms with Gasteiger partial charge in [-0.1, -0.05) is 0 Å². The Bertz CT molecular complexity index is 440. The van der Waals surface area contributed by atoms with E-state index in [4.69, 9.17) is 18.9 Å². The minimum atomic E-state index is -0.586. The first kappa shape index (κ1) is 15.9. The first-order valence-electron chi connectivity index (χ1n) is 7.11. The molecule has 0 saturated carbocycles. The molecule has 0 saturated heterocycles. The molecule has 2 N–H and O–H groups in total. The van der Waals surface area contributed by atoms with E-state index in [2.05, 4.69) is 5.32 Å². The first-order chi connectivity index (χ1) is 10.2. The van der Waals surface area contributed by atoms with E-state index in [0.717, 1.165) is 17.2 Å². The van der Waals surface area contributed by atoms with Crippen LogP contribution in [0.2, 0.25) is 0 Å². The highest BCUT2D eigenvalue weighted by atomic mass is 16.6. The van der Waals surface area contributed by atoms with Crippen LogP contribution >= 0.6 is 0 Å². The molecule has 21 heavy (non-hydrogen) atoms. The average Bonchev–Trinajstić information content (AvgIpc) is 2.51. The van der Waals surface area contributed by atoms with Gasteiger partial charge in [0.1, 0.15) is 13.2 Å². The Morgan fingerprint density at radius 3 is 2.76 bits per heavy atom. The molecule has 0 aliphatic carbocycles. The van der Waals surface area contributed by atoms with Gasteiger partial charge in [-0.3, -0.25) is 0 Å². The van der Waals surface area contributed by atoms with Gasteiger partial charge >= 0.3 is 0 Å². The standard InChI is InChI=1S/C15H23NO5/c1-11(9-18-2)21-10-13(17)8-16-12-3-4-14-15(7-12)20-6-5-19-14/h3-4,7,11,13,16-17H,5-6,8-10H2,1-2H3. The summed E-state index contributed by atoms with van der Waals surface area (Å²) in [4.78, 5) is 0. The number of aliphatic hydroxyl groups excluding tert-OH is 1. The molecule has 0 spiro atoms. The zero-order chi connectivity index (χ0) is 15.1. The van der Waals surface area contributed by atoms with Crippen LogP contribution in [0, 0.1) is 0 Å². The Morgan fingerprint density at radius 1 is 1.24 bits per heavy atom. The van der Waals surface area contributed by atoms with Gasteiger partial charge in [0.15, 0.2) is 11.5 Å². The van der Waals surface area contributed by atoms with Crippen molar-refractivity contribution in [3.63, 3.8) is 0 Å². The van der Waals surface area contributed by atoms with Gasteiger partial charge in [0, 0.05) is 25.4 Å². The van der Waals surface area contributed by atoms with E-state index >= 15 is 0 Å². The Labute approximate surface area is 125 Å². The summed E-state index contributed by atoms with van der Waals surface area (Å²) in [5.41, 5.74) is 0.878. The lowest BCUT2D eigenvalue weighted by Gasteiger charge is -2.20. The molecular formula is C15H23NO5. The summed E-state index contributed by atoms with van der Waals surface area (Å²) in [5, 5.41) is 13.0. The highest BCUT2D eigenvalue weighted by Gasteiger charge is 2.12. The molecule has 0 aromatic heterocycles. The van der Waals surface area contributed by atoms with Crippen molar-refractivity contribution < 1.29 is 24.1 Å². The second kappa shape index (κ2) is 8.07. The number of aliphatic hydroxyl groups is 1. The maximum atomic E-state index is 9.88. The minimum absolute atomic E-state index is 0.0288. The lowest BCUT2D eigenvalue weighted by molar-refractivity contribution is -0.0282. The fraction of sp³-hybridized carbons (Fsp3) is 0.600. The van der Waals surface area contributed by atoms with Gasteiger partial charge in [0.25, 0.3) is 0 Å². The molecule has 1 aliphatic heterocycles. The summed E-state index contributed by atoms with van der Waals surface area (Å²) in [6.07, 6.45) is -0.614. The monoisotopic (exact) mass is 297 g/mol. The smallest absolute Gasteiger partial charge is 0.163 e. The lowest BCUT2D eigenvalue weighted by Crippen LogP contribution is -2.28. The normalized spacial score (nSPS) is 16.3. The van der Waals surface area contributed by atoms with Crippen LogP contribution < -0.4 is 14.8 Å². The summed E-state index contributed by atoms with van der Waals surface area (Å²) >= 11 is 0. The second-order valence-electron chi connectivity index (χ2n) is 4.99. The Kier molecular flexibility index (Phi) is 6.10. The summed E-state index contributed by atoms with van der Waals surface area (Å²) in [5.74, 6) is 1.48. The summed E-state index contributed by atoms with van der Waals surface area (Å²) in [7, 11) is 1.62. The number of fused-ring (bicyclic) bond motifs is 1. The van der Waals surface area contributed by atoms with Crippen molar-refractivity contribution in [3.05, 3.63) is 18.2 Å². The van der Waals surface area contributed by atoms with E-state index in [1.54, 1.807) is 7.11 Å². The van der Waals surface area contributed by atoms with Crippen LogP contribution in [0.15, 0.2) is 18.2 Å². The third kappa shape index (κ3) is 5.08. The fourth-order valence-electron chi connectivity index (χ4n) is 2.01. The van der Waals surface area contributed by atoms with Crippen LogP contribution in [0.4, 0.5) is 5.69 Å². The number of anilines is 1. The Balaban J connectivity index is 1.74. The van der Waals surface area contributed by atoms with E-state index in [1.807, 2.05) is 25.1 Å². The molecular weight excluding hydrogens is 274 g/mol. The van der Waals surface area contributed by atoms with Crippen LogP contribution in [0.3, 0.4) is 0 Å². The second-order valence-corrected chi connectivity index (χ2v) is 4.99. The zero-order valence-electron chi connectivity index (χ0n) is 12.5. The van der Waals surface area contributed by atoms with E-state index in [-0.39, 0.29) is 12.7 Å². The number of rotatable bonds is 8. The molecule has 0 bridgehead atoms. The Hall–Kier alpha value is -1.50. The van der Waals surface area contributed by atoms with Gasteiger partial charge in [-0.05, 0) is 19.1 Å². The van der Waals surface area contributed by atoms with Crippen LogP contribution in [0.1, 0.15) is 6.92 Å². The molecule has 118 valence electrons. The van der Waals surface area contributed by atoms with Gasteiger partial charge < -0.3 is 29.4 Å². The number of hydrogen-bond acceptors (Lipinski definition) is 6. The molecule has 6 nitrogen and oxygen atoms in total. The number of methoxy groups -OCH3 is 1. The van der Waals surface area contributed by atoms with Gasteiger partial charge in [-0.15, -0.1) is 0 Å². The topological polar surface area (TPSA) is 69.2 Å². The SMILES string of the molecule is COCC(C)OCC(O)CNc1ccc2c(c1)OCCO2. The number of benzene rings is 1. The van der Waals surface area contributed by atoms with E-state index in [0.29, 0.717) is 26.4 Å². The van der Waals surface area contributed by atoms with Crippen LogP contribution in [-0.2, 0) is 9.47 Å². The maximum Gasteiger partial charge on any atom is 0.163 e. The minimum Gasteiger partial charge on any atom is -0.486 e. The molecule has 0 radical (unpaired) electrons. The quantitative estimate of drug-likeness (QED) is 0.753. The van der Waals surface area contributed by atoms with Gasteiger partial charge in [-0.2, -0.15) is 0 Å². The molecule has 1 heterocycles. The van der Waals surface area contributed by atoms with Crippen molar-refractivity contribution in [3.8, 4) is 11.5 Å². The van der Waals surface area contributed by atoms with Gasteiger partial charge in [-0.25, -0.2) is 0 Å². The fourth-order valence-corrected chi connectivity index (χ4v) is 2.01. The zero-order valence-corrected chi connectivity index (χ0v) is 12.5. The summed E-state index contributed by atoms with van der Waals surface area (Å²) in [6, 6.07) is 5.63. The van der Waals surface area contributed by atoms with Crippen molar-refractivity contribution in [1.29, 1.82) is 0 Å². The molecule has 2 unspecified atom stereocenters. The molecule has 1 aromatic rings. The largest absolute Gasteiger partial charge is 0.486 e. The van der Waals surface area contributed by atoms with Crippen LogP contribution in [0.5, 0.6) is 11.5 Å². The molecule has 1 aromatic carbocycles. The molecule has 0 fully saturated rings. The molecule has 6 heteroatoms. The highest BCUT2D eigenvalue weighted by Crippen LogP contribution is 2.32. The van der Waals surface area contributed by atoms with Crippen molar-refractivity contribution >= 4 is 5.69 Å². The molecule has 2 atom stereocenters. The lowest BCUT2D eigenvalue weighted by atomic mass is 10.2. The average molecular weight is 297 g/mol. The van der Waals surface area contributed by atoms with Crippen molar-refractivity contribution in [2.45, 2.75) is 19.1 Å². The molecule has 2 rings (SSSR count). The van der Waals surface area contributed by atoms with Crippen molar-refractivity contribution in [2.75, 3.05) is 45.4 Å². The summed E-state index contributed by atoms with van der Waals surface area (Å²) < 4.78 is 21.4. The van der Waals surface area contributed by atoms with E-state index in [1.165, 1.54) is 0 Å². The highest BCUT2D eigenvalue weighted by molar-refractivity contribution is 5.55. The third-order valence-corrected chi connectivity index (χ3v) is 3.06.